The van der Waals surface area contributed by atoms with Crippen molar-refractivity contribution in [3.63, 3.8) is 0 Å². The molecular formula is C29H23F2N5O2S. The molecule has 0 spiro atoms. The van der Waals surface area contributed by atoms with Gasteiger partial charge in [0, 0.05) is 83.6 Å². The first-order valence-electron chi connectivity index (χ1n) is 12.2. The summed E-state index contributed by atoms with van der Waals surface area (Å²) in [7, 11) is 3.21. The Morgan fingerprint density at radius 2 is 2.00 bits per heavy atom. The number of amides is 1. The van der Waals surface area contributed by atoms with E-state index in [4.69, 9.17) is 14.7 Å². The third-order valence-corrected chi connectivity index (χ3v) is 7.81. The van der Waals surface area contributed by atoms with Crippen LogP contribution in [0.1, 0.15) is 11.3 Å². The van der Waals surface area contributed by atoms with Crippen LogP contribution >= 0.6 is 11.3 Å². The number of hydrogen-bond donors (Lipinski definition) is 0. The number of methoxy groups -OCH3 is 1. The maximum atomic E-state index is 15.6. The van der Waals surface area contributed by atoms with Gasteiger partial charge in [-0.3, -0.25) is 14.5 Å². The number of rotatable bonds is 5. The van der Waals surface area contributed by atoms with Crippen molar-refractivity contribution in [2.45, 2.75) is 13.0 Å². The normalized spacial score (nSPS) is 13.0. The number of halogens is 2. The van der Waals surface area contributed by atoms with E-state index in [-0.39, 0.29) is 17.2 Å². The molecule has 6 rings (SSSR count). The van der Waals surface area contributed by atoms with Crippen LogP contribution in [0, 0.1) is 11.6 Å². The number of hydrogen-bond acceptors (Lipinski definition) is 6. The molecule has 0 N–H and O–H groups in total. The molecule has 0 fully saturated rings. The van der Waals surface area contributed by atoms with Crippen molar-refractivity contribution in [1.29, 1.82) is 0 Å². The van der Waals surface area contributed by atoms with Gasteiger partial charge in [0.2, 0.25) is 5.91 Å². The Balaban J connectivity index is 1.65. The van der Waals surface area contributed by atoms with Crippen molar-refractivity contribution >= 4 is 27.3 Å². The average Bonchev–Trinajstić information content (AvgIpc) is 3.60. The van der Waals surface area contributed by atoms with Crippen molar-refractivity contribution in [2.24, 2.45) is 7.05 Å². The summed E-state index contributed by atoms with van der Waals surface area (Å²) in [5.74, 6) is -1.58. The first-order valence-corrected chi connectivity index (χ1v) is 13.1. The zero-order chi connectivity index (χ0) is 27.3. The number of nitrogens with zero attached hydrogens (tertiary/aromatic N) is 5. The van der Waals surface area contributed by atoms with Gasteiger partial charge in [-0.05, 0) is 29.2 Å². The minimum Gasteiger partial charge on any atom is -0.496 e. The summed E-state index contributed by atoms with van der Waals surface area (Å²) in [6.45, 7) is 4.53. The minimum atomic E-state index is -0.757. The smallest absolute Gasteiger partial charge is 0.246 e. The zero-order valence-electron chi connectivity index (χ0n) is 21.2. The third kappa shape index (κ3) is 4.26. The Bertz CT molecular complexity index is 1780. The lowest BCUT2D eigenvalue weighted by Gasteiger charge is -2.27. The molecular weight excluding hydrogens is 520 g/mol. The molecule has 39 heavy (non-hydrogen) atoms. The largest absolute Gasteiger partial charge is 0.496 e. The van der Waals surface area contributed by atoms with Gasteiger partial charge in [0.05, 0.1) is 30.3 Å². The van der Waals surface area contributed by atoms with Gasteiger partial charge in [0.15, 0.2) is 0 Å². The molecule has 10 heteroatoms. The minimum absolute atomic E-state index is 0.0630. The summed E-state index contributed by atoms with van der Waals surface area (Å²) in [6.07, 6.45) is 7.23. The number of carbonyl (C=O) groups excluding carboxylic acids is 1. The van der Waals surface area contributed by atoms with E-state index >= 15 is 4.39 Å². The van der Waals surface area contributed by atoms with Crippen LogP contribution in [0.5, 0.6) is 5.75 Å². The van der Waals surface area contributed by atoms with Gasteiger partial charge in [0.1, 0.15) is 17.4 Å². The molecule has 5 heterocycles. The van der Waals surface area contributed by atoms with Crippen molar-refractivity contribution in [2.75, 3.05) is 13.7 Å². The number of ether oxygens (including phenoxy) is 1. The summed E-state index contributed by atoms with van der Waals surface area (Å²) in [5, 5.41) is 7.03. The average molecular weight is 544 g/mol. The molecule has 0 unspecified atom stereocenters. The van der Waals surface area contributed by atoms with Crippen LogP contribution in [0.25, 0.3) is 43.7 Å². The molecule has 7 nitrogen and oxygen atoms in total. The Morgan fingerprint density at radius 3 is 2.74 bits per heavy atom. The standard InChI is InChI=1S/C29H23F2N5O2S/c1-4-24(37)36-7-5-22-17(15-36)9-16(12-32-22)28-26(25-21(31)10-19(30)11-23(25)38-3)29-20(6-8-39-29)27(34-28)18-13-33-35(2)14-18/h4,6,8-14H,1,5,7,15H2,2-3H3. The van der Waals surface area contributed by atoms with Crippen LogP contribution < -0.4 is 4.74 Å². The number of carbonyl (C=O) groups is 1. The first-order chi connectivity index (χ1) is 18.9. The molecule has 0 aliphatic carbocycles. The monoisotopic (exact) mass is 543 g/mol. The molecule has 0 saturated carbocycles. The highest BCUT2D eigenvalue weighted by Crippen LogP contribution is 2.47. The van der Waals surface area contributed by atoms with E-state index in [0.29, 0.717) is 42.0 Å². The van der Waals surface area contributed by atoms with Crippen LogP contribution in [-0.2, 0) is 24.8 Å². The summed E-state index contributed by atoms with van der Waals surface area (Å²) in [6, 6.07) is 5.89. The van der Waals surface area contributed by atoms with Crippen LogP contribution in [-0.4, -0.2) is 44.2 Å². The maximum absolute atomic E-state index is 15.6. The topological polar surface area (TPSA) is 73.1 Å². The predicted octanol–water partition coefficient (Wildman–Crippen LogP) is 5.78. The highest BCUT2D eigenvalue weighted by atomic mass is 32.1. The third-order valence-electron chi connectivity index (χ3n) is 6.87. The van der Waals surface area contributed by atoms with E-state index in [0.717, 1.165) is 33.0 Å². The van der Waals surface area contributed by atoms with Crippen molar-refractivity contribution in [3.05, 3.63) is 83.8 Å². The van der Waals surface area contributed by atoms with E-state index in [9.17, 15) is 9.18 Å². The molecule has 5 aromatic rings. The summed E-state index contributed by atoms with van der Waals surface area (Å²) >= 11 is 1.43. The fourth-order valence-electron chi connectivity index (χ4n) is 5.06. The van der Waals surface area contributed by atoms with Gasteiger partial charge in [-0.1, -0.05) is 6.58 Å². The number of aryl methyl sites for hydroxylation is 1. The van der Waals surface area contributed by atoms with E-state index in [1.54, 1.807) is 22.0 Å². The van der Waals surface area contributed by atoms with Gasteiger partial charge < -0.3 is 9.64 Å². The van der Waals surface area contributed by atoms with Crippen molar-refractivity contribution in [3.8, 4) is 39.4 Å². The van der Waals surface area contributed by atoms with E-state index in [1.165, 1.54) is 30.6 Å². The fraction of sp³-hybridized carbons (Fsp3) is 0.172. The number of aromatic nitrogens is 4. The summed E-state index contributed by atoms with van der Waals surface area (Å²) in [5.41, 5.74) is 4.96. The number of pyridine rings is 2. The highest BCUT2D eigenvalue weighted by Gasteiger charge is 2.27. The Kier molecular flexibility index (Phi) is 6.19. The van der Waals surface area contributed by atoms with Crippen molar-refractivity contribution in [1.82, 2.24) is 24.6 Å². The second kappa shape index (κ2) is 9.70. The van der Waals surface area contributed by atoms with Crippen LogP contribution in [0.4, 0.5) is 8.78 Å². The lowest BCUT2D eigenvalue weighted by molar-refractivity contribution is -0.126. The van der Waals surface area contributed by atoms with Crippen molar-refractivity contribution < 1.29 is 18.3 Å². The van der Waals surface area contributed by atoms with E-state index in [1.807, 2.05) is 30.8 Å². The second-order valence-electron chi connectivity index (χ2n) is 9.26. The van der Waals surface area contributed by atoms with Gasteiger partial charge in [-0.25, -0.2) is 13.8 Å². The van der Waals surface area contributed by atoms with E-state index < -0.39 is 11.6 Å². The van der Waals surface area contributed by atoms with Gasteiger partial charge >= 0.3 is 0 Å². The maximum Gasteiger partial charge on any atom is 0.246 e. The summed E-state index contributed by atoms with van der Waals surface area (Å²) < 4.78 is 37.7. The van der Waals surface area contributed by atoms with E-state index in [2.05, 4.69) is 11.7 Å². The number of fused-ring (bicyclic) bond motifs is 2. The van der Waals surface area contributed by atoms with Crippen LogP contribution in [0.3, 0.4) is 0 Å². The van der Waals surface area contributed by atoms with Gasteiger partial charge in [-0.15, -0.1) is 11.3 Å². The lowest BCUT2D eigenvalue weighted by atomic mass is 9.94. The van der Waals surface area contributed by atoms with Crippen LogP contribution in [0.15, 0.2) is 60.9 Å². The molecule has 0 bridgehead atoms. The molecule has 1 aliphatic heterocycles. The molecule has 1 aliphatic rings. The Labute approximate surface area is 227 Å². The fourth-order valence-corrected chi connectivity index (χ4v) is 6.00. The molecule has 0 radical (unpaired) electrons. The Hall–Kier alpha value is -4.44. The predicted molar refractivity (Wildman–Crippen MR) is 146 cm³/mol. The molecule has 0 saturated heterocycles. The number of thiophene rings is 1. The number of benzene rings is 1. The molecule has 0 atom stereocenters. The van der Waals surface area contributed by atoms with Gasteiger partial charge in [0.25, 0.3) is 0 Å². The SMILES string of the molecule is C=CC(=O)N1CCc2ncc(-c3nc(-c4cnn(C)c4)c4ccsc4c3-c3c(F)cc(F)cc3OC)cc2C1. The highest BCUT2D eigenvalue weighted by molar-refractivity contribution is 7.18. The second-order valence-corrected chi connectivity index (χ2v) is 10.2. The molecule has 196 valence electrons. The summed E-state index contributed by atoms with van der Waals surface area (Å²) in [4.78, 5) is 23.8. The first kappa shape index (κ1) is 24.9. The molecule has 4 aromatic heterocycles. The van der Waals surface area contributed by atoms with Crippen LogP contribution in [0.2, 0.25) is 0 Å². The molecule has 1 amide bonds. The Morgan fingerprint density at radius 1 is 1.15 bits per heavy atom. The zero-order valence-corrected chi connectivity index (χ0v) is 22.1. The quantitative estimate of drug-likeness (QED) is 0.263. The van der Waals surface area contributed by atoms with Gasteiger partial charge in [-0.2, -0.15) is 5.10 Å². The lowest BCUT2D eigenvalue weighted by Crippen LogP contribution is -2.35. The molecule has 1 aromatic carbocycles.